The molecule has 5 unspecified atom stereocenters. The van der Waals surface area contributed by atoms with Gasteiger partial charge in [-0.1, -0.05) is 6.42 Å². The zero-order chi connectivity index (χ0) is 25.6. The Morgan fingerprint density at radius 2 is 1.55 bits per heavy atom. The third kappa shape index (κ3) is 12.6. The van der Waals surface area contributed by atoms with E-state index in [2.05, 4.69) is 20.9 Å². The Hall–Kier alpha value is -2.97. The molecular weight excluding hydrogens is 436 g/mol. The van der Waals surface area contributed by atoms with Crippen LogP contribution in [0.15, 0.2) is 4.99 Å². The number of unbranched alkanes of at least 4 members (excludes halogenated alkanes) is 1. The normalized spacial score (nSPS) is 15.3. The number of hydrogen-bond acceptors (Lipinski definition) is 8. The number of aliphatic carboxylic acids is 1. The van der Waals surface area contributed by atoms with Gasteiger partial charge in [0.25, 0.3) is 0 Å². The average Bonchev–Trinajstić information content (AvgIpc) is 2.72. The predicted molar refractivity (Wildman–Crippen MR) is 122 cm³/mol. The fraction of sp³-hybridized carbons (Fsp3) is 0.737. The molecular formula is C19H38N8O6. The number of rotatable bonds is 16. The highest BCUT2D eigenvalue weighted by molar-refractivity contribution is 5.94. The number of aliphatic hydroxyl groups is 1. The Morgan fingerprint density at radius 1 is 0.909 bits per heavy atom. The summed E-state index contributed by atoms with van der Waals surface area (Å²) in [6.45, 7) is 3.30. The monoisotopic (exact) mass is 474 g/mol. The lowest BCUT2D eigenvalue weighted by atomic mass is 10.1. The maximum atomic E-state index is 12.5. The number of carboxylic acids is 1. The van der Waals surface area contributed by atoms with Crippen molar-refractivity contribution in [2.45, 2.75) is 76.2 Å². The van der Waals surface area contributed by atoms with E-state index in [9.17, 15) is 29.4 Å². The van der Waals surface area contributed by atoms with E-state index < -0.39 is 54.0 Å². The molecule has 0 saturated carbocycles. The summed E-state index contributed by atoms with van der Waals surface area (Å²) >= 11 is 0. The van der Waals surface area contributed by atoms with E-state index in [4.69, 9.17) is 22.9 Å². The van der Waals surface area contributed by atoms with Gasteiger partial charge < -0.3 is 49.1 Å². The third-order valence-corrected chi connectivity index (χ3v) is 4.68. The molecule has 0 aromatic rings. The SMILES string of the molecule is CC(NC(=O)C(N)CCCCN)C(=O)NC(C(=O)NC(CCCN=C(N)N)C(=O)O)C(C)O. The van der Waals surface area contributed by atoms with Crippen molar-refractivity contribution in [3.05, 3.63) is 0 Å². The standard InChI is InChI=1S/C19H38N8O6/c1-10(25-16(30)12(21)6-3-4-8-20)15(29)27-14(11(2)28)17(31)26-13(18(32)33)7-5-9-24-19(22)23/h10-14,28H,3-9,20-21H2,1-2H3,(H,25,30)(H,26,31)(H,27,29)(H,32,33)(H4,22,23,24). The number of carbonyl (C=O) groups excluding carboxylic acids is 3. The van der Waals surface area contributed by atoms with Crippen LogP contribution in [0.1, 0.15) is 46.0 Å². The minimum absolute atomic E-state index is 0.0207. The average molecular weight is 475 g/mol. The molecule has 0 aliphatic heterocycles. The van der Waals surface area contributed by atoms with Gasteiger partial charge >= 0.3 is 5.97 Å². The Morgan fingerprint density at radius 3 is 2.06 bits per heavy atom. The minimum Gasteiger partial charge on any atom is -0.480 e. The molecule has 5 atom stereocenters. The van der Waals surface area contributed by atoms with Crippen LogP contribution in [-0.2, 0) is 19.2 Å². The van der Waals surface area contributed by atoms with Crippen molar-refractivity contribution in [3.63, 3.8) is 0 Å². The first-order valence-electron chi connectivity index (χ1n) is 10.7. The predicted octanol–water partition coefficient (Wildman–Crippen LogP) is -3.56. The molecule has 13 N–H and O–H groups in total. The van der Waals surface area contributed by atoms with Crippen LogP contribution in [0.25, 0.3) is 0 Å². The molecule has 190 valence electrons. The maximum Gasteiger partial charge on any atom is 0.326 e. The topological polar surface area (TPSA) is 261 Å². The van der Waals surface area contributed by atoms with Crippen LogP contribution in [0.5, 0.6) is 0 Å². The molecule has 0 bridgehead atoms. The number of guanidine groups is 1. The summed E-state index contributed by atoms with van der Waals surface area (Å²) in [5, 5.41) is 26.3. The Balaban J connectivity index is 4.92. The highest BCUT2D eigenvalue weighted by Gasteiger charge is 2.31. The number of amides is 3. The highest BCUT2D eigenvalue weighted by Crippen LogP contribution is 2.03. The molecule has 0 rings (SSSR count). The number of hydrogen-bond donors (Lipinski definition) is 9. The third-order valence-electron chi connectivity index (χ3n) is 4.68. The van der Waals surface area contributed by atoms with Crippen molar-refractivity contribution in [3.8, 4) is 0 Å². The molecule has 0 heterocycles. The second-order valence-corrected chi connectivity index (χ2v) is 7.70. The van der Waals surface area contributed by atoms with Crippen molar-refractivity contribution in [2.24, 2.45) is 27.9 Å². The van der Waals surface area contributed by atoms with E-state index in [0.29, 0.717) is 25.8 Å². The van der Waals surface area contributed by atoms with Crippen molar-refractivity contribution < 1.29 is 29.4 Å². The maximum absolute atomic E-state index is 12.5. The van der Waals surface area contributed by atoms with E-state index >= 15 is 0 Å². The van der Waals surface area contributed by atoms with Gasteiger partial charge in [0.15, 0.2) is 5.96 Å². The van der Waals surface area contributed by atoms with E-state index in [0.717, 1.165) is 0 Å². The van der Waals surface area contributed by atoms with Gasteiger partial charge in [-0.05, 0) is 46.1 Å². The molecule has 33 heavy (non-hydrogen) atoms. The molecule has 0 aromatic carbocycles. The van der Waals surface area contributed by atoms with E-state index in [1.807, 2.05) is 0 Å². The number of nitrogens with one attached hydrogen (secondary N) is 3. The van der Waals surface area contributed by atoms with Gasteiger partial charge in [0, 0.05) is 6.54 Å². The van der Waals surface area contributed by atoms with Gasteiger partial charge in [-0.3, -0.25) is 19.4 Å². The van der Waals surface area contributed by atoms with Gasteiger partial charge in [0.05, 0.1) is 12.1 Å². The van der Waals surface area contributed by atoms with E-state index in [1.165, 1.54) is 13.8 Å². The Bertz CT molecular complexity index is 683. The number of aliphatic imine (C=N–C) groups is 1. The second kappa shape index (κ2) is 15.8. The van der Waals surface area contributed by atoms with Crippen LogP contribution >= 0.6 is 0 Å². The fourth-order valence-electron chi connectivity index (χ4n) is 2.73. The first kappa shape index (κ1) is 30.0. The van der Waals surface area contributed by atoms with Gasteiger partial charge in [-0.25, -0.2) is 4.79 Å². The van der Waals surface area contributed by atoms with Gasteiger partial charge in [-0.2, -0.15) is 0 Å². The lowest BCUT2D eigenvalue weighted by Crippen LogP contribution is -2.59. The van der Waals surface area contributed by atoms with Crippen LogP contribution < -0.4 is 38.9 Å². The van der Waals surface area contributed by atoms with Gasteiger partial charge in [0.2, 0.25) is 17.7 Å². The van der Waals surface area contributed by atoms with Gasteiger partial charge in [0.1, 0.15) is 18.1 Å². The van der Waals surface area contributed by atoms with Crippen molar-refractivity contribution in [2.75, 3.05) is 13.1 Å². The highest BCUT2D eigenvalue weighted by atomic mass is 16.4. The van der Waals surface area contributed by atoms with Crippen LogP contribution in [0.2, 0.25) is 0 Å². The van der Waals surface area contributed by atoms with Gasteiger partial charge in [-0.15, -0.1) is 0 Å². The number of carbonyl (C=O) groups is 4. The first-order chi connectivity index (χ1) is 15.4. The number of carboxylic acid groups (broad SMARTS) is 1. The van der Waals surface area contributed by atoms with Crippen molar-refractivity contribution in [1.82, 2.24) is 16.0 Å². The fourth-order valence-corrected chi connectivity index (χ4v) is 2.73. The quantitative estimate of drug-likeness (QED) is 0.0603. The number of aliphatic hydroxyl groups excluding tert-OH is 1. The molecule has 14 nitrogen and oxygen atoms in total. The summed E-state index contributed by atoms with van der Waals surface area (Å²) < 4.78 is 0. The van der Waals surface area contributed by atoms with Crippen LogP contribution in [0, 0.1) is 0 Å². The van der Waals surface area contributed by atoms with E-state index in [-0.39, 0.29) is 25.3 Å². The summed E-state index contributed by atoms with van der Waals surface area (Å²) in [7, 11) is 0. The summed E-state index contributed by atoms with van der Waals surface area (Å²) in [5.41, 5.74) is 21.6. The summed E-state index contributed by atoms with van der Waals surface area (Å²) in [5.74, 6) is -3.63. The van der Waals surface area contributed by atoms with Crippen LogP contribution in [0.3, 0.4) is 0 Å². The van der Waals surface area contributed by atoms with Crippen LogP contribution in [0.4, 0.5) is 0 Å². The minimum atomic E-state index is -1.45. The molecule has 0 aliphatic rings. The molecule has 0 saturated heterocycles. The first-order valence-corrected chi connectivity index (χ1v) is 10.7. The van der Waals surface area contributed by atoms with Crippen LogP contribution in [-0.4, -0.2) is 83.2 Å². The molecule has 14 heteroatoms. The summed E-state index contributed by atoms with van der Waals surface area (Å²) in [6.07, 6.45) is 0.727. The summed E-state index contributed by atoms with van der Waals surface area (Å²) in [6, 6.07) is -4.61. The molecule has 3 amide bonds. The molecule has 0 aliphatic carbocycles. The lowest BCUT2D eigenvalue weighted by molar-refractivity contribution is -0.143. The number of nitrogens with two attached hydrogens (primary N) is 4. The molecule has 0 aromatic heterocycles. The van der Waals surface area contributed by atoms with Crippen molar-refractivity contribution >= 4 is 29.7 Å². The summed E-state index contributed by atoms with van der Waals surface area (Å²) in [4.78, 5) is 52.3. The number of nitrogens with zero attached hydrogens (tertiary/aromatic N) is 1. The molecule has 0 spiro atoms. The Labute approximate surface area is 192 Å². The van der Waals surface area contributed by atoms with Crippen molar-refractivity contribution in [1.29, 1.82) is 0 Å². The zero-order valence-corrected chi connectivity index (χ0v) is 19.1. The smallest absolute Gasteiger partial charge is 0.326 e. The largest absolute Gasteiger partial charge is 0.480 e. The zero-order valence-electron chi connectivity index (χ0n) is 19.1. The Kier molecular flexibility index (Phi) is 14.4. The lowest BCUT2D eigenvalue weighted by Gasteiger charge is -2.25. The molecule has 0 fully saturated rings. The van der Waals surface area contributed by atoms with E-state index in [1.54, 1.807) is 0 Å². The second-order valence-electron chi connectivity index (χ2n) is 7.70. The molecule has 0 radical (unpaired) electrons.